The van der Waals surface area contributed by atoms with Crippen LogP contribution in [0.3, 0.4) is 0 Å². The lowest BCUT2D eigenvalue weighted by Crippen LogP contribution is -2.09. The molecule has 0 saturated heterocycles. The van der Waals surface area contributed by atoms with Gasteiger partial charge in [0.05, 0.1) is 17.8 Å². The predicted octanol–water partition coefficient (Wildman–Crippen LogP) is 4.27. The number of hydrogen-bond donors (Lipinski definition) is 1. The molecule has 3 nitrogen and oxygen atoms in total. The Morgan fingerprint density at radius 3 is 2.73 bits per heavy atom. The number of benzene rings is 1. The fraction of sp³-hybridized carbons (Fsp3) is 0.188. The number of halogens is 3. The van der Waals surface area contributed by atoms with Crippen molar-refractivity contribution >= 4 is 11.3 Å². The summed E-state index contributed by atoms with van der Waals surface area (Å²) in [6.45, 7) is 1.82. The summed E-state index contributed by atoms with van der Waals surface area (Å²) in [6, 6.07) is 9.88. The molecular weight excluding hydrogens is 291 g/mol. The van der Waals surface area contributed by atoms with Gasteiger partial charge in [0.15, 0.2) is 0 Å². The second-order valence-corrected chi connectivity index (χ2v) is 5.08. The summed E-state index contributed by atoms with van der Waals surface area (Å²) in [7, 11) is 0. The van der Waals surface area contributed by atoms with Crippen molar-refractivity contribution in [2.24, 2.45) is 0 Å². The largest absolute Gasteiger partial charge is 0.416 e. The van der Waals surface area contributed by atoms with E-state index >= 15 is 0 Å². The van der Waals surface area contributed by atoms with Gasteiger partial charge < -0.3 is 9.72 Å². The molecule has 3 aromatic rings. The molecule has 0 bridgehead atoms. The van der Waals surface area contributed by atoms with Gasteiger partial charge in [0, 0.05) is 18.1 Å². The van der Waals surface area contributed by atoms with Crippen LogP contribution in [0.5, 0.6) is 0 Å². The van der Waals surface area contributed by atoms with Crippen LogP contribution < -0.4 is 5.32 Å². The molecule has 0 atom stereocenters. The average molecular weight is 305 g/mol. The maximum atomic E-state index is 12.9. The first kappa shape index (κ1) is 14.4. The van der Waals surface area contributed by atoms with Gasteiger partial charge in [-0.05, 0) is 36.8 Å². The first-order valence-corrected chi connectivity index (χ1v) is 6.78. The minimum Gasteiger partial charge on any atom is -0.379 e. The highest BCUT2D eigenvalue weighted by Gasteiger charge is 2.32. The molecule has 0 fully saturated rings. The molecule has 2 aromatic heterocycles. The first-order chi connectivity index (χ1) is 10.4. The zero-order valence-corrected chi connectivity index (χ0v) is 11.9. The van der Waals surface area contributed by atoms with Crippen molar-refractivity contribution < 1.29 is 13.2 Å². The van der Waals surface area contributed by atoms with E-state index in [0.29, 0.717) is 12.2 Å². The minimum atomic E-state index is -4.34. The van der Waals surface area contributed by atoms with Crippen molar-refractivity contribution in [3.8, 4) is 0 Å². The van der Waals surface area contributed by atoms with Gasteiger partial charge in [0.1, 0.15) is 5.65 Å². The van der Waals surface area contributed by atoms with Crippen molar-refractivity contribution in [3.63, 3.8) is 0 Å². The number of aryl methyl sites for hydroxylation is 1. The van der Waals surface area contributed by atoms with E-state index in [-0.39, 0.29) is 5.56 Å². The van der Waals surface area contributed by atoms with Gasteiger partial charge in [-0.1, -0.05) is 12.1 Å². The molecule has 1 N–H and O–H groups in total. The molecule has 2 heterocycles. The van der Waals surface area contributed by atoms with E-state index in [1.807, 2.05) is 35.0 Å². The van der Waals surface area contributed by atoms with Crippen LogP contribution in [0.1, 0.15) is 16.8 Å². The molecular formula is C16H14F3N3. The highest BCUT2D eigenvalue weighted by molar-refractivity contribution is 5.50. The second-order valence-electron chi connectivity index (χ2n) is 5.08. The first-order valence-electron chi connectivity index (χ1n) is 6.78. The lowest BCUT2D eigenvalue weighted by atomic mass is 10.1. The van der Waals surface area contributed by atoms with E-state index in [4.69, 9.17) is 0 Å². The molecule has 22 heavy (non-hydrogen) atoms. The summed E-state index contributed by atoms with van der Waals surface area (Å²) in [5.41, 5.74) is 1.59. The monoisotopic (exact) mass is 305 g/mol. The second kappa shape index (κ2) is 5.36. The molecule has 1 aromatic carbocycles. The minimum absolute atomic E-state index is 0.214. The maximum absolute atomic E-state index is 12.9. The zero-order valence-electron chi connectivity index (χ0n) is 11.9. The van der Waals surface area contributed by atoms with Gasteiger partial charge in [0.2, 0.25) is 0 Å². The summed E-state index contributed by atoms with van der Waals surface area (Å²) in [4.78, 5) is 4.39. The molecule has 0 spiro atoms. The van der Waals surface area contributed by atoms with Crippen LogP contribution >= 0.6 is 0 Å². The lowest BCUT2D eigenvalue weighted by Gasteiger charge is -2.12. The SMILES string of the molecule is Cc1ccc(NCc2cn3ccccc3n2)cc1C(F)(F)F. The van der Waals surface area contributed by atoms with Gasteiger partial charge in [0.25, 0.3) is 0 Å². The van der Waals surface area contributed by atoms with Crippen LogP contribution in [0.2, 0.25) is 0 Å². The molecule has 0 amide bonds. The highest BCUT2D eigenvalue weighted by atomic mass is 19.4. The molecule has 6 heteroatoms. The number of rotatable bonds is 3. The van der Waals surface area contributed by atoms with E-state index in [1.54, 1.807) is 6.07 Å². The number of aromatic nitrogens is 2. The Bertz CT molecular complexity index is 773. The van der Waals surface area contributed by atoms with Crippen LogP contribution in [0.25, 0.3) is 5.65 Å². The van der Waals surface area contributed by atoms with Crippen LogP contribution in [-0.4, -0.2) is 9.38 Å². The number of nitrogens with one attached hydrogen (secondary N) is 1. The van der Waals surface area contributed by atoms with Crippen molar-refractivity contribution in [3.05, 3.63) is 65.6 Å². The Morgan fingerprint density at radius 1 is 1.18 bits per heavy atom. The fourth-order valence-corrected chi connectivity index (χ4v) is 2.30. The van der Waals surface area contributed by atoms with Gasteiger partial charge in [-0.3, -0.25) is 0 Å². The van der Waals surface area contributed by atoms with E-state index in [1.165, 1.54) is 13.0 Å². The molecule has 0 aliphatic rings. The van der Waals surface area contributed by atoms with Crippen molar-refractivity contribution in [2.75, 3.05) is 5.32 Å². The third-order valence-corrected chi connectivity index (χ3v) is 3.43. The van der Waals surface area contributed by atoms with Crippen LogP contribution in [-0.2, 0) is 12.7 Å². The summed E-state index contributed by atoms with van der Waals surface area (Å²) < 4.78 is 40.5. The number of pyridine rings is 1. The number of nitrogens with zero attached hydrogens (tertiary/aromatic N) is 2. The van der Waals surface area contributed by atoms with Crippen molar-refractivity contribution in [1.29, 1.82) is 0 Å². The van der Waals surface area contributed by atoms with E-state index < -0.39 is 11.7 Å². The van der Waals surface area contributed by atoms with Gasteiger partial charge in [-0.25, -0.2) is 4.98 Å². The van der Waals surface area contributed by atoms with Crippen LogP contribution in [0.4, 0.5) is 18.9 Å². The Balaban J connectivity index is 1.79. The molecule has 3 rings (SSSR count). The third kappa shape index (κ3) is 2.90. The molecule has 0 radical (unpaired) electrons. The topological polar surface area (TPSA) is 29.3 Å². The Kier molecular flexibility index (Phi) is 3.52. The Morgan fingerprint density at radius 2 is 2.00 bits per heavy atom. The fourth-order valence-electron chi connectivity index (χ4n) is 2.30. The van der Waals surface area contributed by atoms with E-state index in [2.05, 4.69) is 10.3 Å². The van der Waals surface area contributed by atoms with E-state index in [0.717, 1.165) is 17.4 Å². The number of imidazole rings is 1. The smallest absolute Gasteiger partial charge is 0.379 e. The van der Waals surface area contributed by atoms with Crippen molar-refractivity contribution in [2.45, 2.75) is 19.6 Å². The lowest BCUT2D eigenvalue weighted by molar-refractivity contribution is -0.138. The average Bonchev–Trinajstić information content (AvgIpc) is 2.88. The zero-order chi connectivity index (χ0) is 15.7. The maximum Gasteiger partial charge on any atom is 0.416 e. The standard InChI is InChI=1S/C16H14F3N3/c1-11-5-6-12(8-14(11)16(17,18)19)20-9-13-10-22-7-3-2-4-15(22)21-13/h2-8,10,20H,9H2,1H3. The van der Waals surface area contributed by atoms with Crippen molar-refractivity contribution in [1.82, 2.24) is 9.38 Å². The summed E-state index contributed by atoms with van der Waals surface area (Å²) in [6.07, 6.45) is -0.620. The third-order valence-electron chi connectivity index (χ3n) is 3.43. The normalized spacial score (nSPS) is 11.8. The summed E-state index contributed by atoms with van der Waals surface area (Å²) in [5.74, 6) is 0. The quantitative estimate of drug-likeness (QED) is 0.783. The predicted molar refractivity (Wildman–Crippen MR) is 78.7 cm³/mol. The molecule has 0 saturated carbocycles. The molecule has 0 aliphatic carbocycles. The number of alkyl halides is 3. The highest BCUT2D eigenvalue weighted by Crippen LogP contribution is 2.33. The van der Waals surface area contributed by atoms with Gasteiger partial charge >= 0.3 is 6.18 Å². The summed E-state index contributed by atoms with van der Waals surface area (Å²) >= 11 is 0. The molecule has 114 valence electrons. The Labute approximate surface area is 125 Å². The van der Waals surface area contributed by atoms with Crippen LogP contribution in [0.15, 0.2) is 48.8 Å². The number of hydrogen-bond acceptors (Lipinski definition) is 2. The number of fused-ring (bicyclic) bond motifs is 1. The van der Waals surface area contributed by atoms with Gasteiger partial charge in [-0.2, -0.15) is 13.2 Å². The number of anilines is 1. The molecule has 0 unspecified atom stereocenters. The van der Waals surface area contributed by atoms with E-state index in [9.17, 15) is 13.2 Å². The van der Waals surface area contributed by atoms with Gasteiger partial charge in [-0.15, -0.1) is 0 Å². The summed E-state index contributed by atoms with van der Waals surface area (Å²) in [5, 5.41) is 2.99. The molecule has 0 aliphatic heterocycles. The Hall–Kier alpha value is -2.50. The van der Waals surface area contributed by atoms with Crippen LogP contribution in [0, 0.1) is 6.92 Å².